The molecule has 2 saturated carbocycles. The van der Waals surface area contributed by atoms with Gasteiger partial charge in [0.05, 0.1) is 23.7 Å². The van der Waals surface area contributed by atoms with Gasteiger partial charge in [-0.05, 0) is 38.7 Å². The first-order chi connectivity index (χ1) is 14.7. The number of carbonyl (C=O) groups is 3. The highest BCUT2D eigenvalue weighted by Crippen LogP contribution is 2.63. The van der Waals surface area contributed by atoms with Crippen molar-refractivity contribution >= 4 is 17.7 Å². The van der Waals surface area contributed by atoms with Crippen LogP contribution in [0.2, 0.25) is 0 Å². The Labute approximate surface area is 188 Å². The largest absolute Gasteiger partial charge is 0.454 e. The van der Waals surface area contributed by atoms with Crippen LogP contribution in [0.25, 0.3) is 0 Å². The number of esters is 2. The van der Waals surface area contributed by atoms with Gasteiger partial charge in [-0.15, -0.1) is 0 Å². The number of aliphatic hydroxyl groups is 2. The van der Waals surface area contributed by atoms with Crippen molar-refractivity contribution in [2.75, 3.05) is 6.61 Å². The first-order valence-corrected chi connectivity index (χ1v) is 11.3. The number of hydrogen-bond donors (Lipinski definition) is 2. The van der Waals surface area contributed by atoms with E-state index in [0.717, 1.165) is 5.57 Å². The zero-order valence-electron chi connectivity index (χ0n) is 19.7. The van der Waals surface area contributed by atoms with E-state index >= 15 is 0 Å². The lowest BCUT2D eigenvalue weighted by Gasteiger charge is -2.65. The Balaban J connectivity index is 1.97. The maximum Gasteiger partial charge on any atom is 0.303 e. The molecule has 0 spiro atoms. The quantitative estimate of drug-likeness (QED) is 0.483. The van der Waals surface area contributed by atoms with Gasteiger partial charge in [0.1, 0.15) is 6.10 Å². The van der Waals surface area contributed by atoms with Crippen LogP contribution < -0.4 is 0 Å². The Kier molecular flexibility index (Phi) is 5.20. The third-order valence-electron chi connectivity index (χ3n) is 8.90. The summed E-state index contributed by atoms with van der Waals surface area (Å²) in [4.78, 5) is 38.4. The molecular weight excluding hydrogens is 416 g/mol. The summed E-state index contributed by atoms with van der Waals surface area (Å²) in [5.74, 6) is -2.25. The van der Waals surface area contributed by atoms with E-state index in [-0.39, 0.29) is 19.4 Å². The van der Waals surface area contributed by atoms with Crippen molar-refractivity contribution in [2.45, 2.75) is 96.7 Å². The summed E-state index contributed by atoms with van der Waals surface area (Å²) >= 11 is 0. The second kappa shape index (κ2) is 7.11. The van der Waals surface area contributed by atoms with E-state index in [1.807, 2.05) is 20.8 Å². The molecule has 0 aromatic heterocycles. The van der Waals surface area contributed by atoms with Gasteiger partial charge in [0.25, 0.3) is 0 Å². The molecule has 1 heterocycles. The number of ether oxygens (including phenoxy) is 3. The number of ketones is 1. The average molecular weight is 451 g/mol. The minimum absolute atomic E-state index is 0.0912. The van der Waals surface area contributed by atoms with Crippen LogP contribution >= 0.6 is 0 Å². The normalized spacial score (nSPS) is 44.9. The fraction of sp³-hybridized carbons (Fsp3) is 0.792. The molecule has 3 fully saturated rings. The van der Waals surface area contributed by atoms with Gasteiger partial charge in [-0.25, -0.2) is 0 Å². The smallest absolute Gasteiger partial charge is 0.303 e. The highest BCUT2D eigenvalue weighted by atomic mass is 16.6. The van der Waals surface area contributed by atoms with E-state index < -0.39 is 64.0 Å². The Bertz CT molecular complexity index is 906. The van der Waals surface area contributed by atoms with Crippen molar-refractivity contribution in [2.24, 2.45) is 16.7 Å². The van der Waals surface area contributed by atoms with Crippen LogP contribution in [-0.4, -0.2) is 64.1 Å². The number of carbonyl (C=O) groups excluding carboxylic acids is 3. The van der Waals surface area contributed by atoms with Crippen LogP contribution in [0.1, 0.15) is 67.2 Å². The van der Waals surface area contributed by atoms with E-state index in [4.69, 9.17) is 14.2 Å². The highest BCUT2D eigenvalue weighted by molar-refractivity contribution is 5.94. The predicted octanol–water partition coefficient (Wildman–Crippen LogP) is 1.85. The second-order valence-corrected chi connectivity index (χ2v) is 10.8. The summed E-state index contributed by atoms with van der Waals surface area (Å²) in [7, 11) is 0. The van der Waals surface area contributed by atoms with Gasteiger partial charge in [-0.1, -0.05) is 19.4 Å². The van der Waals surface area contributed by atoms with Gasteiger partial charge in [0, 0.05) is 31.6 Å². The van der Waals surface area contributed by atoms with Gasteiger partial charge in [0.15, 0.2) is 17.5 Å². The SMILES string of the molecule is CC(=O)O[C@H]1C(=O)C2(C)C(O)C[C@H]3OC[C@@]3(OC(C)=O)C2C[C@]2(O)CCC(C)=C1C2(C)C. The maximum absolute atomic E-state index is 14.2. The van der Waals surface area contributed by atoms with Gasteiger partial charge >= 0.3 is 11.9 Å². The van der Waals surface area contributed by atoms with Crippen LogP contribution in [0.4, 0.5) is 0 Å². The molecule has 3 aliphatic carbocycles. The monoisotopic (exact) mass is 450 g/mol. The number of hydrogen-bond acceptors (Lipinski definition) is 8. The second-order valence-electron chi connectivity index (χ2n) is 10.8. The van der Waals surface area contributed by atoms with Crippen LogP contribution in [0.5, 0.6) is 0 Å². The molecular formula is C24H34O8. The number of aliphatic hydroxyl groups excluding tert-OH is 1. The van der Waals surface area contributed by atoms with Crippen LogP contribution in [0, 0.1) is 16.7 Å². The summed E-state index contributed by atoms with van der Waals surface area (Å²) in [6.45, 7) is 9.92. The molecule has 7 atom stereocenters. The van der Waals surface area contributed by atoms with Crippen molar-refractivity contribution in [3.8, 4) is 0 Å². The van der Waals surface area contributed by atoms with Crippen molar-refractivity contribution in [1.82, 2.24) is 0 Å². The summed E-state index contributed by atoms with van der Waals surface area (Å²) in [5.41, 5.74) is -3.18. The molecule has 8 nitrogen and oxygen atoms in total. The number of Topliss-reactive ketones (excluding diaryl/α,β-unsaturated/α-hetero) is 1. The molecule has 4 rings (SSSR count). The number of fused-ring (bicyclic) bond motifs is 5. The molecule has 3 unspecified atom stereocenters. The lowest BCUT2D eigenvalue weighted by atomic mass is 9.46. The topological polar surface area (TPSA) is 119 Å². The molecule has 32 heavy (non-hydrogen) atoms. The van der Waals surface area contributed by atoms with Crippen LogP contribution in [0.3, 0.4) is 0 Å². The Morgan fingerprint density at radius 1 is 1.16 bits per heavy atom. The van der Waals surface area contributed by atoms with Crippen LogP contribution in [0.15, 0.2) is 11.1 Å². The van der Waals surface area contributed by atoms with E-state index in [0.29, 0.717) is 18.4 Å². The van der Waals surface area contributed by atoms with Gasteiger partial charge < -0.3 is 24.4 Å². The molecule has 178 valence electrons. The fourth-order valence-electron chi connectivity index (χ4n) is 6.86. The van der Waals surface area contributed by atoms with E-state index in [1.54, 1.807) is 6.92 Å². The molecule has 2 bridgehead atoms. The molecule has 8 heteroatoms. The first kappa shape index (κ1) is 23.4. The van der Waals surface area contributed by atoms with Crippen molar-refractivity contribution < 1.29 is 38.8 Å². The van der Waals surface area contributed by atoms with E-state index in [2.05, 4.69) is 0 Å². The first-order valence-electron chi connectivity index (χ1n) is 11.3. The average Bonchev–Trinajstić information content (AvgIpc) is 2.67. The Hall–Kier alpha value is -1.77. The number of allylic oxidation sites excluding steroid dienone is 1. The van der Waals surface area contributed by atoms with Gasteiger partial charge in [-0.3, -0.25) is 14.4 Å². The van der Waals surface area contributed by atoms with E-state index in [1.165, 1.54) is 13.8 Å². The minimum atomic E-state index is -1.41. The molecule has 1 saturated heterocycles. The lowest BCUT2D eigenvalue weighted by Crippen LogP contribution is -2.77. The summed E-state index contributed by atoms with van der Waals surface area (Å²) in [5, 5.41) is 23.3. The van der Waals surface area contributed by atoms with Crippen molar-refractivity contribution in [3.05, 3.63) is 11.1 Å². The molecule has 1 aliphatic heterocycles. The summed E-state index contributed by atoms with van der Waals surface area (Å²) in [6, 6.07) is 0. The maximum atomic E-state index is 14.2. The van der Waals surface area contributed by atoms with Gasteiger partial charge in [-0.2, -0.15) is 0 Å². The zero-order valence-corrected chi connectivity index (χ0v) is 19.7. The third kappa shape index (κ3) is 2.88. The molecule has 0 amide bonds. The molecule has 4 aliphatic rings. The van der Waals surface area contributed by atoms with Gasteiger partial charge in [0.2, 0.25) is 0 Å². The Morgan fingerprint density at radius 2 is 1.81 bits per heavy atom. The Morgan fingerprint density at radius 3 is 2.34 bits per heavy atom. The van der Waals surface area contributed by atoms with Crippen molar-refractivity contribution in [3.63, 3.8) is 0 Å². The molecule has 0 aromatic carbocycles. The predicted molar refractivity (Wildman–Crippen MR) is 112 cm³/mol. The van der Waals surface area contributed by atoms with Crippen molar-refractivity contribution in [1.29, 1.82) is 0 Å². The molecule has 2 N–H and O–H groups in total. The highest BCUT2D eigenvalue weighted by Gasteiger charge is 2.73. The summed E-state index contributed by atoms with van der Waals surface area (Å²) < 4.78 is 17.1. The number of rotatable bonds is 2. The molecule has 0 radical (unpaired) electrons. The fourth-order valence-corrected chi connectivity index (χ4v) is 6.86. The standard InChI is InChI=1S/C24H34O8/c1-12-7-8-23(29)10-15-22(6,16(27)9-17-24(15,11-30-17)32-14(3)26)20(28)19(31-13(2)25)18(12)21(23,4)5/h15-17,19,27,29H,7-11H2,1-6H3/t15?,16?,17-,19-,22?,23-,24-/m1/s1. The van der Waals surface area contributed by atoms with E-state index in [9.17, 15) is 24.6 Å². The third-order valence-corrected chi connectivity index (χ3v) is 8.90. The van der Waals surface area contributed by atoms with Crippen LogP contribution in [-0.2, 0) is 28.6 Å². The summed E-state index contributed by atoms with van der Waals surface area (Å²) in [6.07, 6.45) is -1.66. The molecule has 0 aromatic rings. The minimum Gasteiger partial charge on any atom is -0.454 e. The lowest BCUT2D eigenvalue weighted by molar-refractivity contribution is -0.327. The zero-order chi connectivity index (χ0) is 23.9.